The summed E-state index contributed by atoms with van der Waals surface area (Å²) in [6, 6.07) is 4.04. The van der Waals surface area contributed by atoms with E-state index in [0.717, 1.165) is 12.8 Å². The van der Waals surface area contributed by atoms with Gasteiger partial charge in [-0.05, 0) is 50.4 Å². The lowest BCUT2D eigenvalue weighted by molar-refractivity contribution is -0.142. The quantitative estimate of drug-likeness (QED) is 0.600. The zero-order valence-corrected chi connectivity index (χ0v) is 17.2. The van der Waals surface area contributed by atoms with E-state index in [4.69, 9.17) is 27.9 Å². The van der Waals surface area contributed by atoms with Crippen LogP contribution in [0.15, 0.2) is 24.4 Å². The molecule has 1 aromatic heterocycles. The Morgan fingerprint density at radius 3 is 2.62 bits per heavy atom. The summed E-state index contributed by atoms with van der Waals surface area (Å²) in [4.78, 5) is 7.77. The van der Waals surface area contributed by atoms with Crippen molar-refractivity contribution in [2.75, 3.05) is 25.1 Å². The van der Waals surface area contributed by atoms with Crippen molar-refractivity contribution in [3.05, 3.63) is 45.7 Å². The first-order chi connectivity index (χ1) is 13.7. The minimum Gasteiger partial charge on any atom is -0.381 e. The van der Waals surface area contributed by atoms with Crippen LogP contribution in [0.25, 0.3) is 0 Å². The summed E-state index contributed by atoms with van der Waals surface area (Å²) in [6.45, 7) is 3.66. The number of anilines is 2. The summed E-state index contributed by atoms with van der Waals surface area (Å²) in [5, 5.41) is 6.56. The molecule has 0 amide bonds. The number of rotatable bonds is 6. The molecule has 0 aliphatic carbocycles. The predicted molar refractivity (Wildman–Crippen MR) is 107 cm³/mol. The molecule has 2 aromatic rings. The Kier molecular flexibility index (Phi) is 7.21. The Bertz CT molecular complexity index is 845. The van der Waals surface area contributed by atoms with E-state index in [0.29, 0.717) is 36.4 Å². The maximum Gasteiger partial charge on any atom is 0.433 e. The van der Waals surface area contributed by atoms with Gasteiger partial charge in [-0.15, -0.1) is 0 Å². The monoisotopic (exact) mass is 448 g/mol. The summed E-state index contributed by atoms with van der Waals surface area (Å²) in [5.74, 6) is 0.191. The fraction of sp³-hybridized carbons (Fsp3) is 0.474. The molecule has 10 heteroatoms. The van der Waals surface area contributed by atoms with Crippen LogP contribution in [0.4, 0.5) is 24.8 Å². The minimum atomic E-state index is -4.62. The molecule has 3 rings (SSSR count). The second kappa shape index (κ2) is 9.47. The third-order valence-electron chi connectivity index (χ3n) is 4.78. The smallest absolute Gasteiger partial charge is 0.381 e. The van der Waals surface area contributed by atoms with Crippen molar-refractivity contribution in [3.8, 4) is 0 Å². The van der Waals surface area contributed by atoms with Gasteiger partial charge < -0.3 is 15.4 Å². The number of benzene rings is 1. The first-order valence-electron chi connectivity index (χ1n) is 9.21. The lowest BCUT2D eigenvalue weighted by Crippen LogP contribution is -2.31. The molecule has 0 spiro atoms. The van der Waals surface area contributed by atoms with E-state index >= 15 is 0 Å². The molecule has 1 aliphatic rings. The van der Waals surface area contributed by atoms with Crippen molar-refractivity contribution in [3.63, 3.8) is 0 Å². The van der Waals surface area contributed by atoms with Crippen LogP contribution in [0, 0.1) is 5.92 Å². The number of ether oxygens (including phenoxy) is 1. The fourth-order valence-corrected chi connectivity index (χ4v) is 3.57. The highest BCUT2D eigenvalue weighted by molar-refractivity contribution is 6.36. The van der Waals surface area contributed by atoms with Crippen LogP contribution in [0.5, 0.6) is 0 Å². The number of nitrogens with one attached hydrogen (secondary N) is 2. The number of hydrogen-bond donors (Lipinski definition) is 2. The van der Waals surface area contributed by atoms with Gasteiger partial charge in [0.05, 0.1) is 10.7 Å². The van der Waals surface area contributed by atoms with Crippen LogP contribution in [0.3, 0.4) is 0 Å². The molecule has 1 unspecified atom stereocenters. The molecule has 158 valence electrons. The SMILES string of the molecule is CC(NCC1CCOCC1)c1cnc(Nc2ccc(Cl)cc2Cl)nc1C(F)(F)F. The highest BCUT2D eigenvalue weighted by Crippen LogP contribution is 2.34. The van der Waals surface area contributed by atoms with Gasteiger partial charge in [-0.3, -0.25) is 0 Å². The second-order valence-electron chi connectivity index (χ2n) is 6.93. The van der Waals surface area contributed by atoms with Gasteiger partial charge in [-0.25, -0.2) is 9.97 Å². The molecule has 2 N–H and O–H groups in total. The van der Waals surface area contributed by atoms with Crippen molar-refractivity contribution in [1.82, 2.24) is 15.3 Å². The standard InChI is InChI=1S/C19H21Cl2F3N4O/c1-11(25-9-12-4-6-29-7-5-12)14-10-26-18(28-17(14)19(22,23)24)27-16-3-2-13(20)8-15(16)21/h2-3,8,10-12,25H,4-7,9H2,1H3,(H,26,27,28). The topological polar surface area (TPSA) is 59.1 Å². The zero-order chi connectivity index (χ0) is 21.0. The van der Waals surface area contributed by atoms with Crippen LogP contribution in [0.1, 0.15) is 37.1 Å². The molecule has 0 saturated carbocycles. The van der Waals surface area contributed by atoms with Gasteiger partial charge in [-0.1, -0.05) is 23.2 Å². The van der Waals surface area contributed by atoms with Gasteiger partial charge in [0.2, 0.25) is 5.95 Å². The van der Waals surface area contributed by atoms with Crippen molar-refractivity contribution in [2.24, 2.45) is 5.92 Å². The molecule has 1 saturated heterocycles. The van der Waals surface area contributed by atoms with Crippen LogP contribution in [0.2, 0.25) is 10.0 Å². The number of alkyl halides is 3. The van der Waals surface area contributed by atoms with Crippen LogP contribution in [-0.4, -0.2) is 29.7 Å². The average molecular weight is 449 g/mol. The van der Waals surface area contributed by atoms with Crippen molar-refractivity contribution >= 4 is 34.8 Å². The summed E-state index contributed by atoms with van der Waals surface area (Å²) in [6.07, 6.45) is -1.63. The number of hydrogen-bond acceptors (Lipinski definition) is 5. The van der Waals surface area contributed by atoms with Crippen LogP contribution >= 0.6 is 23.2 Å². The van der Waals surface area contributed by atoms with E-state index in [9.17, 15) is 13.2 Å². The highest BCUT2D eigenvalue weighted by Gasteiger charge is 2.37. The minimum absolute atomic E-state index is 0.00249. The van der Waals surface area contributed by atoms with Gasteiger partial charge in [-0.2, -0.15) is 13.2 Å². The largest absolute Gasteiger partial charge is 0.433 e. The summed E-state index contributed by atoms with van der Waals surface area (Å²) < 4.78 is 46.3. The lowest BCUT2D eigenvalue weighted by Gasteiger charge is -2.25. The Morgan fingerprint density at radius 2 is 1.97 bits per heavy atom. The molecule has 5 nitrogen and oxygen atoms in total. The first-order valence-corrected chi connectivity index (χ1v) is 9.97. The van der Waals surface area contributed by atoms with E-state index in [1.54, 1.807) is 19.1 Å². The van der Waals surface area contributed by atoms with E-state index < -0.39 is 17.9 Å². The normalized spacial score (nSPS) is 16.6. The molecular formula is C19H21Cl2F3N4O. The Balaban J connectivity index is 1.78. The molecule has 29 heavy (non-hydrogen) atoms. The Labute approximate surface area is 177 Å². The molecule has 2 heterocycles. The number of halogens is 5. The third-order valence-corrected chi connectivity index (χ3v) is 5.33. The summed E-state index contributed by atoms with van der Waals surface area (Å²) in [7, 11) is 0. The molecule has 1 atom stereocenters. The molecule has 1 fully saturated rings. The maximum atomic E-state index is 13.6. The third kappa shape index (κ3) is 5.94. The second-order valence-corrected chi connectivity index (χ2v) is 7.77. The molecule has 1 aromatic carbocycles. The summed E-state index contributed by atoms with van der Waals surface area (Å²) >= 11 is 11.9. The Hall–Kier alpha value is -1.61. The van der Waals surface area contributed by atoms with Gasteiger partial charge in [0, 0.05) is 36.0 Å². The van der Waals surface area contributed by atoms with E-state index in [-0.39, 0.29) is 16.5 Å². The van der Waals surface area contributed by atoms with Crippen molar-refractivity contribution < 1.29 is 17.9 Å². The van der Waals surface area contributed by atoms with E-state index in [2.05, 4.69) is 20.6 Å². The van der Waals surface area contributed by atoms with Crippen LogP contribution in [-0.2, 0) is 10.9 Å². The van der Waals surface area contributed by atoms with E-state index in [1.807, 2.05) is 0 Å². The molecular weight excluding hydrogens is 428 g/mol. The highest BCUT2D eigenvalue weighted by atomic mass is 35.5. The average Bonchev–Trinajstić information content (AvgIpc) is 2.68. The van der Waals surface area contributed by atoms with E-state index in [1.165, 1.54) is 12.3 Å². The van der Waals surface area contributed by atoms with Gasteiger partial charge in [0.15, 0.2) is 5.69 Å². The van der Waals surface area contributed by atoms with Gasteiger partial charge in [0.25, 0.3) is 0 Å². The zero-order valence-electron chi connectivity index (χ0n) is 15.7. The van der Waals surface area contributed by atoms with Crippen molar-refractivity contribution in [1.29, 1.82) is 0 Å². The maximum absolute atomic E-state index is 13.6. The van der Waals surface area contributed by atoms with Gasteiger partial charge >= 0.3 is 6.18 Å². The van der Waals surface area contributed by atoms with Crippen molar-refractivity contribution in [2.45, 2.75) is 32.0 Å². The first kappa shape index (κ1) is 22.1. The molecule has 0 radical (unpaired) electrons. The number of nitrogens with zero attached hydrogens (tertiary/aromatic N) is 2. The fourth-order valence-electron chi connectivity index (χ4n) is 3.11. The van der Waals surface area contributed by atoms with Crippen LogP contribution < -0.4 is 10.6 Å². The summed E-state index contributed by atoms with van der Waals surface area (Å²) in [5.41, 5.74) is -0.619. The molecule has 1 aliphatic heterocycles. The Morgan fingerprint density at radius 1 is 1.24 bits per heavy atom. The number of aromatic nitrogens is 2. The molecule has 0 bridgehead atoms. The predicted octanol–water partition coefficient (Wildman–Crippen LogP) is 5.62. The van der Waals surface area contributed by atoms with Gasteiger partial charge in [0.1, 0.15) is 0 Å². The lowest BCUT2D eigenvalue weighted by atomic mass is 9.99.